The van der Waals surface area contributed by atoms with Crippen LogP contribution in [0.4, 0.5) is 5.69 Å². The quantitative estimate of drug-likeness (QED) is 0.823. The highest BCUT2D eigenvalue weighted by Crippen LogP contribution is 2.22. The number of carbonyl (C=O) groups excluding carboxylic acids is 1. The third-order valence-electron chi connectivity index (χ3n) is 3.84. The summed E-state index contributed by atoms with van der Waals surface area (Å²) in [7, 11) is 1.85. The molecule has 0 aliphatic rings. The van der Waals surface area contributed by atoms with Crippen molar-refractivity contribution in [2.45, 2.75) is 13.0 Å². The fraction of sp³-hybridized carbons (Fsp3) is 0.263. The number of anilines is 1. The van der Waals surface area contributed by atoms with E-state index in [-0.39, 0.29) is 11.9 Å². The molecule has 5 nitrogen and oxygen atoms in total. The maximum absolute atomic E-state index is 12.3. The van der Waals surface area contributed by atoms with E-state index < -0.39 is 0 Å². The van der Waals surface area contributed by atoms with Crippen LogP contribution in [0.25, 0.3) is 0 Å². The van der Waals surface area contributed by atoms with Crippen LogP contribution in [0.15, 0.2) is 48.5 Å². The van der Waals surface area contributed by atoms with Gasteiger partial charge in [-0.05, 0) is 44.3 Å². The molecule has 0 spiro atoms. The number of nitrogens with zero attached hydrogens (tertiary/aromatic N) is 2. The third kappa shape index (κ3) is 5.49. The lowest BCUT2D eigenvalue weighted by atomic mass is 10.2. The zero-order chi connectivity index (χ0) is 18.2. The Kier molecular flexibility index (Phi) is 6.81. The van der Waals surface area contributed by atoms with Crippen molar-refractivity contribution >= 4 is 23.2 Å². The van der Waals surface area contributed by atoms with Crippen molar-refractivity contribution in [3.63, 3.8) is 0 Å². The van der Waals surface area contributed by atoms with E-state index in [2.05, 4.69) is 11.4 Å². The maximum Gasteiger partial charge on any atom is 0.241 e. The summed E-state index contributed by atoms with van der Waals surface area (Å²) in [6, 6.07) is 15.8. The number of nitrogens with one attached hydrogen (secondary N) is 1. The van der Waals surface area contributed by atoms with Gasteiger partial charge in [0.15, 0.2) is 0 Å². The summed E-state index contributed by atoms with van der Waals surface area (Å²) in [6.45, 7) is 2.80. The average molecular weight is 358 g/mol. The highest BCUT2D eigenvalue weighted by atomic mass is 35.5. The zero-order valence-electron chi connectivity index (χ0n) is 14.2. The summed E-state index contributed by atoms with van der Waals surface area (Å²) in [6.07, 6.45) is 0. The monoisotopic (exact) mass is 357 g/mol. The maximum atomic E-state index is 12.3. The van der Waals surface area contributed by atoms with Crippen LogP contribution in [0.3, 0.4) is 0 Å². The van der Waals surface area contributed by atoms with Gasteiger partial charge in [0.25, 0.3) is 0 Å². The van der Waals surface area contributed by atoms with Crippen molar-refractivity contribution in [3.8, 4) is 11.8 Å². The SMILES string of the molecule is CC(C(=O)Nc1cccc(C#N)c1)N(C)CCOc1ccccc1Cl. The number of likely N-dealkylation sites (N-methyl/N-ethyl adjacent to an activating group) is 1. The molecule has 0 bridgehead atoms. The lowest BCUT2D eigenvalue weighted by Gasteiger charge is -2.24. The van der Waals surface area contributed by atoms with E-state index in [1.54, 1.807) is 36.4 Å². The summed E-state index contributed by atoms with van der Waals surface area (Å²) in [5, 5.41) is 12.3. The second kappa shape index (κ2) is 9.07. The second-order valence-electron chi connectivity index (χ2n) is 5.62. The van der Waals surface area contributed by atoms with E-state index in [9.17, 15) is 4.79 Å². The smallest absolute Gasteiger partial charge is 0.241 e. The van der Waals surface area contributed by atoms with Gasteiger partial charge >= 0.3 is 0 Å². The minimum atomic E-state index is -0.347. The molecule has 1 unspecified atom stereocenters. The first kappa shape index (κ1) is 18.8. The molecule has 0 fully saturated rings. The van der Waals surface area contributed by atoms with Crippen LogP contribution in [0.5, 0.6) is 5.75 Å². The Morgan fingerprint density at radius 2 is 2.08 bits per heavy atom. The molecule has 0 saturated carbocycles. The number of ether oxygens (including phenoxy) is 1. The Bertz CT molecular complexity index is 773. The minimum absolute atomic E-state index is 0.143. The topological polar surface area (TPSA) is 65.4 Å². The second-order valence-corrected chi connectivity index (χ2v) is 6.02. The van der Waals surface area contributed by atoms with Crippen LogP contribution in [0.1, 0.15) is 12.5 Å². The van der Waals surface area contributed by atoms with Gasteiger partial charge in [-0.1, -0.05) is 29.8 Å². The molecule has 2 rings (SSSR count). The van der Waals surface area contributed by atoms with Crippen molar-refractivity contribution in [1.82, 2.24) is 4.90 Å². The molecule has 1 amide bonds. The largest absolute Gasteiger partial charge is 0.491 e. The molecular formula is C19H20ClN3O2. The van der Waals surface area contributed by atoms with Gasteiger partial charge in [0.2, 0.25) is 5.91 Å². The molecular weight excluding hydrogens is 338 g/mol. The molecule has 25 heavy (non-hydrogen) atoms. The normalized spacial score (nSPS) is 11.6. The van der Waals surface area contributed by atoms with Crippen LogP contribution < -0.4 is 10.1 Å². The molecule has 6 heteroatoms. The van der Waals surface area contributed by atoms with E-state index in [4.69, 9.17) is 21.6 Å². The van der Waals surface area contributed by atoms with Crippen LogP contribution in [0, 0.1) is 11.3 Å². The molecule has 1 atom stereocenters. The van der Waals surface area contributed by atoms with Gasteiger partial charge in [0, 0.05) is 12.2 Å². The lowest BCUT2D eigenvalue weighted by Crippen LogP contribution is -2.41. The van der Waals surface area contributed by atoms with E-state index in [1.165, 1.54) is 0 Å². The molecule has 130 valence electrons. The number of benzene rings is 2. The third-order valence-corrected chi connectivity index (χ3v) is 4.15. The molecule has 1 N–H and O–H groups in total. The number of amides is 1. The first-order valence-corrected chi connectivity index (χ1v) is 8.27. The number of nitriles is 1. The number of hydrogen-bond acceptors (Lipinski definition) is 4. The highest BCUT2D eigenvalue weighted by molar-refractivity contribution is 6.32. The van der Waals surface area contributed by atoms with Gasteiger partial charge in [-0.2, -0.15) is 5.26 Å². The average Bonchev–Trinajstić information content (AvgIpc) is 2.62. The first-order valence-electron chi connectivity index (χ1n) is 7.90. The molecule has 0 aliphatic carbocycles. The van der Waals surface area contributed by atoms with Gasteiger partial charge in [-0.15, -0.1) is 0 Å². The van der Waals surface area contributed by atoms with Crippen molar-refractivity contribution in [2.75, 3.05) is 25.5 Å². The van der Waals surface area contributed by atoms with Crippen LogP contribution >= 0.6 is 11.6 Å². The first-order chi connectivity index (χ1) is 12.0. The predicted molar refractivity (Wildman–Crippen MR) is 98.8 cm³/mol. The summed E-state index contributed by atoms with van der Waals surface area (Å²) in [4.78, 5) is 14.2. The fourth-order valence-corrected chi connectivity index (χ4v) is 2.36. The van der Waals surface area contributed by atoms with E-state index in [0.717, 1.165) is 0 Å². The molecule has 0 aromatic heterocycles. The molecule has 0 saturated heterocycles. The number of halogens is 1. The zero-order valence-corrected chi connectivity index (χ0v) is 15.0. The van der Waals surface area contributed by atoms with E-state index in [0.29, 0.717) is 35.2 Å². The summed E-state index contributed by atoms with van der Waals surface area (Å²) in [5.74, 6) is 0.485. The van der Waals surface area contributed by atoms with Crippen molar-refractivity contribution < 1.29 is 9.53 Å². The Balaban J connectivity index is 1.84. The number of rotatable bonds is 7. The summed E-state index contributed by atoms with van der Waals surface area (Å²) in [5.41, 5.74) is 1.11. The molecule has 2 aromatic rings. The van der Waals surface area contributed by atoms with Crippen LogP contribution in [0.2, 0.25) is 5.02 Å². The number of hydrogen-bond donors (Lipinski definition) is 1. The molecule has 0 aliphatic heterocycles. The van der Waals surface area contributed by atoms with Gasteiger partial charge in [0.1, 0.15) is 12.4 Å². The van der Waals surface area contributed by atoms with E-state index >= 15 is 0 Å². The van der Waals surface area contributed by atoms with Gasteiger partial charge in [-0.3, -0.25) is 9.69 Å². The van der Waals surface area contributed by atoms with Crippen LogP contribution in [-0.4, -0.2) is 37.0 Å². The molecule has 0 heterocycles. The minimum Gasteiger partial charge on any atom is -0.491 e. The summed E-state index contributed by atoms with van der Waals surface area (Å²) >= 11 is 6.04. The molecule has 0 radical (unpaired) electrons. The lowest BCUT2D eigenvalue weighted by molar-refractivity contribution is -0.120. The van der Waals surface area contributed by atoms with E-state index in [1.807, 2.05) is 31.0 Å². The predicted octanol–water partition coefficient (Wildman–Crippen LogP) is 3.55. The highest BCUT2D eigenvalue weighted by Gasteiger charge is 2.18. The van der Waals surface area contributed by atoms with Gasteiger partial charge in [-0.25, -0.2) is 0 Å². The fourth-order valence-electron chi connectivity index (χ4n) is 2.17. The van der Waals surface area contributed by atoms with Gasteiger partial charge < -0.3 is 10.1 Å². The Morgan fingerprint density at radius 1 is 1.32 bits per heavy atom. The number of para-hydroxylation sites is 1. The molecule has 2 aromatic carbocycles. The summed E-state index contributed by atoms with van der Waals surface area (Å²) < 4.78 is 5.64. The Labute approximate surface area is 152 Å². The van der Waals surface area contributed by atoms with Gasteiger partial charge in [0.05, 0.1) is 22.7 Å². The Morgan fingerprint density at radius 3 is 2.80 bits per heavy atom. The standard InChI is InChI=1S/C19H20ClN3O2/c1-14(19(24)22-16-7-5-6-15(12-16)13-21)23(2)10-11-25-18-9-4-3-8-17(18)20/h3-9,12,14H,10-11H2,1-2H3,(H,22,24). The Hall–Kier alpha value is -2.55. The van der Waals surface area contributed by atoms with Crippen molar-refractivity contribution in [2.24, 2.45) is 0 Å². The van der Waals surface area contributed by atoms with Crippen LogP contribution in [-0.2, 0) is 4.79 Å². The van der Waals surface area contributed by atoms with Crippen molar-refractivity contribution in [3.05, 3.63) is 59.1 Å². The van der Waals surface area contributed by atoms with Crippen molar-refractivity contribution in [1.29, 1.82) is 5.26 Å². The number of carbonyl (C=O) groups is 1.